The molecule has 7 heteroatoms. The van der Waals surface area contributed by atoms with E-state index in [0.717, 1.165) is 0 Å². The molecule has 0 bridgehead atoms. The molecule has 0 atom stereocenters. The van der Waals surface area contributed by atoms with Crippen LogP contribution >= 0.6 is 15.9 Å². The molecule has 2 nitrogen and oxygen atoms in total. The van der Waals surface area contributed by atoms with Crippen LogP contribution in [0, 0.1) is 0 Å². The van der Waals surface area contributed by atoms with E-state index in [-0.39, 0.29) is 12.5 Å². The molecule has 1 N–H and O–H groups in total. The minimum atomic E-state index is -4.52. The Morgan fingerprint density at radius 1 is 1.43 bits per heavy atom. The fourth-order valence-corrected chi connectivity index (χ4v) is 0.730. The smallest absolute Gasteiger partial charge is 0.367 e. The maximum Gasteiger partial charge on any atom is 0.367 e. The lowest BCUT2D eigenvalue weighted by Crippen LogP contribution is -2.33. The van der Waals surface area contributed by atoms with Gasteiger partial charge < -0.3 is 5.11 Å². The standard InChI is InChI=1S/C7H7BrF4O2/c1-2-4(5(13)14)3-6(9,10)7(8,11)12/h3H,2H2,1H3,(H,13,14). The molecule has 14 heavy (non-hydrogen) atoms. The molecule has 0 aliphatic heterocycles. The quantitative estimate of drug-likeness (QED) is 0.488. The molecular formula is C7H7BrF4O2. The van der Waals surface area contributed by atoms with Crippen molar-refractivity contribution in [3.8, 4) is 0 Å². The van der Waals surface area contributed by atoms with E-state index in [1.54, 1.807) is 0 Å². The van der Waals surface area contributed by atoms with Crippen LogP contribution in [0.15, 0.2) is 11.6 Å². The summed E-state index contributed by atoms with van der Waals surface area (Å²) in [5.74, 6) is -6.15. The van der Waals surface area contributed by atoms with Gasteiger partial charge in [-0.1, -0.05) is 6.92 Å². The summed E-state index contributed by atoms with van der Waals surface area (Å²) >= 11 is 1.49. The van der Waals surface area contributed by atoms with Gasteiger partial charge in [0.2, 0.25) is 0 Å². The normalized spacial score (nSPS) is 14.3. The van der Waals surface area contributed by atoms with Gasteiger partial charge in [-0.25, -0.2) is 4.79 Å². The average Bonchev–Trinajstić information content (AvgIpc) is 1.97. The van der Waals surface area contributed by atoms with Crippen molar-refractivity contribution in [2.45, 2.75) is 24.1 Å². The summed E-state index contributed by atoms with van der Waals surface area (Å²) in [6.45, 7) is 1.28. The van der Waals surface area contributed by atoms with Crippen molar-refractivity contribution >= 4 is 21.9 Å². The SMILES string of the molecule is CCC(=CC(F)(F)C(F)(F)Br)C(=O)O. The lowest BCUT2D eigenvalue weighted by atomic mass is 10.1. The van der Waals surface area contributed by atoms with Crippen molar-refractivity contribution in [1.29, 1.82) is 0 Å². The fraction of sp³-hybridized carbons (Fsp3) is 0.571. The summed E-state index contributed by atoms with van der Waals surface area (Å²) in [5, 5.41) is 8.34. The van der Waals surface area contributed by atoms with Crippen molar-refractivity contribution < 1.29 is 27.5 Å². The monoisotopic (exact) mass is 278 g/mol. The Morgan fingerprint density at radius 2 is 1.86 bits per heavy atom. The minimum Gasteiger partial charge on any atom is -0.478 e. The molecule has 0 aliphatic rings. The molecule has 0 amide bonds. The molecule has 0 rings (SSSR count). The van der Waals surface area contributed by atoms with Crippen LogP contribution in [0.2, 0.25) is 0 Å². The summed E-state index contributed by atoms with van der Waals surface area (Å²) < 4.78 is 49.6. The van der Waals surface area contributed by atoms with Gasteiger partial charge in [0.25, 0.3) is 0 Å². The van der Waals surface area contributed by atoms with E-state index in [1.165, 1.54) is 22.9 Å². The third-order valence-corrected chi connectivity index (χ3v) is 1.92. The van der Waals surface area contributed by atoms with E-state index in [4.69, 9.17) is 5.11 Å². The Bertz CT molecular complexity index is 257. The summed E-state index contributed by atoms with van der Waals surface area (Å²) in [5.41, 5.74) is -0.755. The Balaban J connectivity index is 5.03. The molecule has 82 valence electrons. The van der Waals surface area contributed by atoms with Crippen LogP contribution in [0.5, 0.6) is 0 Å². The van der Waals surface area contributed by atoms with Crippen molar-refractivity contribution in [3.63, 3.8) is 0 Å². The third-order valence-electron chi connectivity index (χ3n) is 1.39. The molecule has 0 heterocycles. The summed E-state index contributed by atoms with van der Waals surface area (Å²) in [7, 11) is 0. The number of halogens is 5. The van der Waals surface area contributed by atoms with Crippen LogP contribution in [0.1, 0.15) is 13.3 Å². The number of carboxylic acids is 1. The number of carbonyl (C=O) groups is 1. The summed E-state index contributed by atoms with van der Waals surface area (Å²) in [6.07, 6.45) is -0.502. The summed E-state index contributed by atoms with van der Waals surface area (Å²) in [6, 6.07) is 0. The van der Waals surface area contributed by atoms with Gasteiger partial charge in [-0.2, -0.15) is 17.6 Å². The van der Waals surface area contributed by atoms with Gasteiger partial charge in [0.1, 0.15) is 0 Å². The largest absolute Gasteiger partial charge is 0.478 e. The van der Waals surface area contributed by atoms with Crippen LogP contribution in [0.4, 0.5) is 17.6 Å². The van der Waals surface area contributed by atoms with Crippen LogP contribution in [0.3, 0.4) is 0 Å². The Labute approximate surface area is 85.7 Å². The number of aliphatic carboxylic acids is 1. The van der Waals surface area contributed by atoms with Gasteiger partial charge in [0, 0.05) is 11.6 Å². The second-order valence-electron chi connectivity index (χ2n) is 2.45. The van der Waals surface area contributed by atoms with E-state index in [2.05, 4.69) is 0 Å². The number of allylic oxidation sites excluding steroid dienone is 1. The van der Waals surface area contributed by atoms with Crippen LogP contribution in [-0.4, -0.2) is 21.8 Å². The Kier molecular flexibility index (Phi) is 4.11. The van der Waals surface area contributed by atoms with E-state index < -0.39 is 22.3 Å². The highest BCUT2D eigenvalue weighted by atomic mass is 79.9. The topological polar surface area (TPSA) is 37.3 Å². The van der Waals surface area contributed by atoms with Crippen molar-refractivity contribution in [1.82, 2.24) is 0 Å². The number of hydrogen-bond acceptors (Lipinski definition) is 1. The number of hydrogen-bond donors (Lipinski definition) is 1. The second kappa shape index (κ2) is 4.29. The molecule has 0 saturated carbocycles. The van der Waals surface area contributed by atoms with E-state index >= 15 is 0 Å². The zero-order chi connectivity index (χ0) is 11.6. The number of carboxylic acid groups (broad SMARTS) is 1. The highest BCUT2D eigenvalue weighted by Crippen LogP contribution is 2.41. The zero-order valence-corrected chi connectivity index (χ0v) is 8.62. The van der Waals surface area contributed by atoms with Crippen LogP contribution in [-0.2, 0) is 4.79 Å². The molecule has 0 aromatic heterocycles. The molecule has 0 aromatic rings. The Morgan fingerprint density at radius 3 is 2.07 bits per heavy atom. The van der Waals surface area contributed by atoms with E-state index in [1.807, 2.05) is 0 Å². The number of rotatable bonds is 4. The molecule has 0 aliphatic carbocycles. The molecule has 0 radical (unpaired) electrons. The first-order chi connectivity index (χ1) is 6.12. The van der Waals surface area contributed by atoms with Crippen molar-refractivity contribution in [2.75, 3.05) is 0 Å². The number of alkyl halides is 5. The van der Waals surface area contributed by atoms with Gasteiger partial charge in [0.15, 0.2) is 0 Å². The molecular weight excluding hydrogens is 272 g/mol. The van der Waals surface area contributed by atoms with E-state index in [9.17, 15) is 22.4 Å². The van der Waals surface area contributed by atoms with Crippen LogP contribution in [0.25, 0.3) is 0 Å². The van der Waals surface area contributed by atoms with Crippen molar-refractivity contribution in [3.05, 3.63) is 11.6 Å². The van der Waals surface area contributed by atoms with Gasteiger partial charge in [-0.05, 0) is 22.4 Å². The fourth-order valence-electron chi connectivity index (χ4n) is 0.616. The molecule has 0 unspecified atom stereocenters. The van der Waals surface area contributed by atoms with E-state index in [0.29, 0.717) is 0 Å². The maximum atomic E-state index is 12.6. The van der Waals surface area contributed by atoms with Crippen LogP contribution < -0.4 is 0 Å². The van der Waals surface area contributed by atoms with Gasteiger partial charge >= 0.3 is 16.7 Å². The van der Waals surface area contributed by atoms with Gasteiger partial charge in [-0.3, -0.25) is 0 Å². The molecule has 0 fully saturated rings. The lowest BCUT2D eigenvalue weighted by molar-refractivity contribution is -0.134. The van der Waals surface area contributed by atoms with Gasteiger partial charge in [0.05, 0.1) is 0 Å². The predicted molar refractivity (Wildman–Crippen MR) is 44.8 cm³/mol. The average molecular weight is 279 g/mol. The molecule has 0 saturated heterocycles. The maximum absolute atomic E-state index is 12.6. The second-order valence-corrected chi connectivity index (χ2v) is 3.44. The van der Waals surface area contributed by atoms with Gasteiger partial charge in [-0.15, -0.1) is 0 Å². The van der Waals surface area contributed by atoms with Crippen molar-refractivity contribution in [2.24, 2.45) is 0 Å². The molecule has 0 aromatic carbocycles. The highest BCUT2D eigenvalue weighted by Gasteiger charge is 2.52. The highest BCUT2D eigenvalue weighted by molar-refractivity contribution is 9.10. The minimum absolute atomic E-state index is 0.246. The zero-order valence-electron chi connectivity index (χ0n) is 7.03. The predicted octanol–water partition coefficient (Wildman–Crippen LogP) is 3.03. The first-order valence-corrected chi connectivity index (χ1v) is 4.30. The molecule has 0 spiro atoms. The first kappa shape index (κ1) is 13.4. The third kappa shape index (κ3) is 3.28. The summed E-state index contributed by atoms with van der Waals surface area (Å²) in [4.78, 5) is 5.82. The first-order valence-electron chi connectivity index (χ1n) is 3.51. The lowest BCUT2D eigenvalue weighted by Gasteiger charge is -2.18. The Hall–Kier alpha value is -0.590.